The number of anilines is 2. The van der Waals surface area contributed by atoms with Crippen LogP contribution in [0.15, 0.2) is 121 Å². The van der Waals surface area contributed by atoms with Crippen LogP contribution < -0.4 is 25.2 Å². The molecule has 2 amide bonds. The van der Waals surface area contributed by atoms with Crippen LogP contribution in [0, 0.1) is 0 Å². The molecule has 0 fully saturated rings. The van der Waals surface area contributed by atoms with Crippen molar-refractivity contribution in [2.45, 2.75) is 238 Å². The molecule has 1 spiro atoms. The highest BCUT2D eigenvalue weighted by atomic mass is 16.6. The van der Waals surface area contributed by atoms with Gasteiger partial charge < -0.3 is 39.4 Å². The molecule has 87 heavy (non-hydrogen) atoms. The summed E-state index contributed by atoms with van der Waals surface area (Å²) >= 11 is 0. The summed E-state index contributed by atoms with van der Waals surface area (Å²) in [5, 5.41) is 5.97. The highest BCUT2D eigenvalue weighted by Crippen LogP contribution is 2.57. The summed E-state index contributed by atoms with van der Waals surface area (Å²) < 4.78 is 25.2. The van der Waals surface area contributed by atoms with Gasteiger partial charge in [0, 0.05) is 66.4 Å². The van der Waals surface area contributed by atoms with Crippen LogP contribution in [-0.2, 0) is 32.9 Å². The Morgan fingerprint density at radius 3 is 1.14 bits per heavy atom. The van der Waals surface area contributed by atoms with E-state index in [1.807, 2.05) is 97.1 Å². The third kappa shape index (κ3) is 23.2. The Kier molecular flexibility index (Phi) is 31.4. The molecule has 11 nitrogen and oxygen atoms in total. The highest BCUT2D eigenvalue weighted by Gasteiger charge is 2.53. The third-order valence-corrected chi connectivity index (χ3v) is 17.6. The Morgan fingerprint density at radius 2 is 0.759 bits per heavy atom. The van der Waals surface area contributed by atoms with Gasteiger partial charge in [-0.05, 0) is 54.3 Å². The molecule has 5 aromatic carbocycles. The number of hydrogen-bond acceptors (Lipinski definition) is 9. The Morgan fingerprint density at radius 1 is 0.414 bits per heavy atom. The number of esters is 1. The van der Waals surface area contributed by atoms with Crippen molar-refractivity contribution in [3.05, 3.63) is 155 Å². The molecule has 0 saturated heterocycles. The first kappa shape index (κ1) is 68.0. The predicted octanol–water partition coefficient (Wildman–Crippen LogP) is 20.2. The van der Waals surface area contributed by atoms with Crippen LogP contribution in [0.25, 0.3) is 0 Å². The standard InChI is InChI=1S/C76H108N4O7/c1-3-5-7-9-11-13-15-17-19-21-23-25-27-29-31-41-53-77-74(82)84-57-55-79(61-63-43-35-33-36-44-63)65-49-51-69-71(59-65)86-72-60-66(50-52-70(72)76(69)68-48-40-39-47-67(68)73(81)87-76)80(62-64-45-37-34-38-46-64)56-58-85-75(83)78-54-42-32-30-28-26-24-22-20-18-16-14-12-10-8-6-4-2/h33-40,43-52,59-60H,3-32,41-42,53-58,61-62H2,1-2H3,(H,77,82)(H,78,83). The Hall–Kier alpha value is -6.49. The van der Waals surface area contributed by atoms with Crippen LogP contribution in [0.4, 0.5) is 21.0 Å². The van der Waals surface area contributed by atoms with Gasteiger partial charge in [-0.25, -0.2) is 14.4 Å². The van der Waals surface area contributed by atoms with Crippen molar-refractivity contribution < 1.29 is 33.3 Å². The summed E-state index contributed by atoms with van der Waals surface area (Å²) in [6.45, 7) is 8.09. The number of ether oxygens (including phenoxy) is 4. The lowest BCUT2D eigenvalue weighted by molar-refractivity contribution is 0.0224. The van der Waals surface area contributed by atoms with Gasteiger partial charge in [0.1, 0.15) is 24.7 Å². The second-order valence-electron chi connectivity index (χ2n) is 24.6. The number of carbonyl (C=O) groups is 3. The zero-order valence-corrected chi connectivity index (χ0v) is 53.6. The SMILES string of the molecule is CCCCCCCCCCCCCCCCCCNC(=O)OCCN(Cc1ccccc1)c1ccc2c(c1)Oc1cc(N(CCOC(=O)NCCCCCCCCCCCCCCCCCC)Cc3ccccc3)ccc1C21OC(=O)c2ccccc21. The minimum atomic E-state index is -1.27. The zero-order valence-electron chi connectivity index (χ0n) is 53.6. The fourth-order valence-corrected chi connectivity index (χ4v) is 12.6. The van der Waals surface area contributed by atoms with Crippen molar-refractivity contribution in [1.29, 1.82) is 0 Å². The first-order chi connectivity index (χ1) is 42.9. The van der Waals surface area contributed by atoms with Gasteiger partial charge in [0.15, 0.2) is 5.60 Å². The van der Waals surface area contributed by atoms with E-state index in [1.165, 1.54) is 180 Å². The average molecular weight is 1190 g/mol. The van der Waals surface area contributed by atoms with E-state index in [9.17, 15) is 14.4 Å². The quantitative estimate of drug-likeness (QED) is 0.0223. The number of carbonyl (C=O) groups excluding carboxylic acids is 3. The molecule has 0 unspecified atom stereocenters. The van der Waals surface area contributed by atoms with Gasteiger partial charge in [-0.1, -0.05) is 285 Å². The molecule has 0 aliphatic carbocycles. The van der Waals surface area contributed by atoms with Crippen LogP contribution in [-0.4, -0.2) is 57.5 Å². The van der Waals surface area contributed by atoms with E-state index < -0.39 is 23.8 Å². The lowest BCUT2D eigenvalue weighted by atomic mass is 9.77. The largest absolute Gasteiger partial charge is 0.456 e. The van der Waals surface area contributed by atoms with Crippen molar-refractivity contribution in [3.8, 4) is 11.5 Å². The maximum absolute atomic E-state index is 13.9. The number of nitrogens with zero attached hydrogens (tertiary/aromatic N) is 2. The maximum atomic E-state index is 13.9. The molecule has 0 atom stereocenters. The maximum Gasteiger partial charge on any atom is 0.407 e. The lowest BCUT2D eigenvalue weighted by Crippen LogP contribution is -2.34. The fourth-order valence-electron chi connectivity index (χ4n) is 12.6. The summed E-state index contributed by atoms with van der Waals surface area (Å²) in [5.74, 6) is 0.705. The van der Waals surface area contributed by atoms with E-state index in [2.05, 4.69) is 58.5 Å². The number of hydrogen-bond donors (Lipinski definition) is 2. The molecule has 0 aromatic heterocycles. The summed E-state index contributed by atoms with van der Waals surface area (Å²) in [6.07, 6.45) is 41.1. The molecule has 2 aliphatic rings. The Bertz CT molecular complexity index is 2570. The number of fused-ring (bicyclic) bond motifs is 6. The lowest BCUT2D eigenvalue weighted by Gasteiger charge is -2.38. The molecule has 0 bridgehead atoms. The van der Waals surface area contributed by atoms with Crippen molar-refractivity contribution in [3.63, 3.8) is 0 Å². The van der Waals surface area contributed by atoms with Gasteiger partial charge >= 0.3 is 18.2 Å². The van der Waals surface area contributed by atoms with E-state index >= 15 is 0 Å². The topological polar surface area (TPSA) is 119 Å². The average Bonchev–Trinajstić information content (AvgIpc) is 1.65. The first-order valence-electron chi connectivity index (χ1n) is 34.6. The van der Waals surface area contributed by atoms with Gasteiger partial charge in [0.25, 0.3) is 0 Å². The molecule has 2 heterocycles. The van der Waals surface area contributed by atoms with Crippen LogP contribution in [0.5, 0.6) is 11.5 Å². The number of nitrogens with one attached hydrogen (secondary N) is 2. The molecular formula is C76H108N4O7. The molecule has 0 saturated carbocycles. The Balaban J connectivity index is 0.921. The summed E-state index contributed by atoms with van der Waals surface area (Å²) in [5.41, 5.74) is 5.34. The molecule has 2 aliphatic heterocycles. The predicted molar refractivity (Wildman–Crippen MR) is 357 cm³/mol. The van der Waals surface area contributed by atoms with E-state index in [-0.39, 0.29) is 13.2 Å². The van der Waals surface area contributed by atoms with Crippen LogP contribution in [0.1, 0.15) is 257 Å². The second kappa shape index (κ2) is 40.1. The van der Waals surface area contributed by atoms with Gasteiger partial charge in [0.05, 0.1) is 18.7 Å². The monoisotopic (exact) mass is 1190 g/mol. The van der Waals surface area contributed by atoms with Crippen LogP contribution >= 0.6 is 0 Å². The number of amides is 2. The first-order valence-corrected chi connectivity index (χ1v) is 34.6. The molecule has 5 aromatic rings. The van der Waals surface area contributed by atoms with Crippen LogP contribution in [0.3, 0.4) is 0 Å². The fraction of sp³-hybridized carbons (Fsp3) is 0.566. The molecule has 11 heteroatoms. The van der Waals surface area contributed by atoms with Gasteiger partial charge in [0.2, 0.25) is 0 Å². The molecule has 2 N–H and O–H groups in total. The van der Waals surface area contributed by atoms with E-state index in [0.29, 0.717) is 67.5 Å². The summed E-state index contributed by atoms with van der Waals surface area (Å²) in [6, 6.07) is 40.2. The smallest absolute Gasteiger partial charge is 0.407 e. The van der Waals surface area contributed by atoms with E-state index in [4.69, 9.17) is 18.9 Å². The Labute approximate surface area is 524 Å². The van der Waals surface area contributed by atoms with Crippen molar-refractivity contribution >= 4 is 29.5 Å². The molecule has 0 radical (unpaired) electrons. The van der Waals surface area contributed by atoms with Crippen molar-refractivity contribution in [2.75, 3.05) is 49.2 Å². The third-order valence-electron chi connectivity index (χ3n) is 17.6. The van der Waals surface area contributed by atoms with Gasteiger partial charge in [-0.3, -0.25) is 0 Å². The molecule has 7 rings (SSSR count). The number of unbranched alkanes of at least 4 members (excludes halogenated alkanes) is 30. The minimum absolute atomic E-state index is 0.179. The van der Waals surface area contributed by atoms with Crippen LogP contribution in [0.2, 0.25) is 0 Å². The summed E-state index contributed by atoms with van der Waals surface area (Å²) in [4.78, 5) is 44.3. The highest BCUT2D eigenvalue weighted by molar-refractivity contribution is 5.97. The summed E-state index contributed by atoms with van der Waals surface area (Å²) in [7, 11) is 0. The number of alkyl carbamates (subject to hydrolysis) is 2. The van der Waals surface area contributed by atoms with Gasteiger partial charge in [-0.15, -0.1) is 0 Å². The normalized spacial score (nSPS) is 12.6. The number of benzene rings is 5. The molecule has 474 valence electrons. The second-order valence-corrected chi connectivity index (χ2v) is 24.6. The minimum Gasteiger partial charge on any atom is -0.456 e. The molecular weight excluding hydrogens is 1080 g/mol. The number of rotatable bonds is 46. The van der Waals surface area contributed by atoms with Crippen molar-refractivity contribution in [1.82, 2.24) is 10.6 Å². The van der Waals surface area contributed by atoms with Crippen molar-refractivity contribution in [2.24, 2.45) is 0 Å². The van der Waals surface area contributed by atoms with Gasteiger partial charge in [-0.2, -0.15) is 0 Å². The van der Waals surface area contributed by atoms with E-state index in [0.717, 1.165) is 53.7 Å². The van der Waals surface area contributed by atoms with E-state index in [1.54, 1.807) is 0 Å². The zero-order chi connectivity index (χ0) is 60.8.